The van der Waals surface area contributed by atoms with Gasteiger partial charge in [-0.2, -0.15) is 5.10 Å². The first-order chi connectivity index (χ1) is 5.29. The fraction of sp³-hybridized carbons (Fsp3) is 0. The van der Waals surface area contributed by atoms with Crippen molar-refractivity contribution >= 4 is 11.3 Å². The van der Waals surface area contributed by atoms with Gasteiger partial charge in [-0.25, -0.2) is 13.9 Å². The fourth-order valence-corrected chi connectivity index (χ4v) is 0.869. The van der Waals surface area contributed by atoms with Crippen molar-refractivity contribution in [2.24, 2.45) is 0 Å². The van der Waals surface area contributed by atoms with Crippen molar-refractivity contribution < 1.29 is 4.39 Å². The minimum Gasteiger partial charge on any atom is -0.396 e. The molecule has 2 rings (SSSR count). The molecule has 0 saturated heterocycles. The monoisotopic (exact) mass is 152 g/mol. The van der Waals surface area contributed by atoms with Gasteiger partial charge >= 0.3 is 0 Å². The first-order valence-electron chi connectivity index (χ1n) is 3.02. The van der Waals surface area contributed by atoms with Crippen LogP contribution in [0.3, 0.4) is 0 Å². The van der Waals surface area contributed by atoms with Crippen LogP contribution in [0, 0.1) is 5.82 Å². The molecular formula is C6H5FN4. The molecule has 0 amide bonds. The summed E-state index contributed by atoms with van der Waals surface area (Å²) in [5.74, 6) is -0.523. The number of nitrogens with zero attached hydrogens (tertiary/aromatic N) is 3. The number of hydrogen-bond donors (Lipinski definition) is 1. The third-order valence-electron chi connectivity index (χ3n) is 1.42. The Morgan fingerprint density at radius 1 is 1.55 bits per heavy atom. The lowest BCUT2D eigenvalue weighted by Gasteiger charge is -1.95. The van der Waals surface area contributed by atoms with E-state index in [1.165, 1.54) is 16.9 Å². The van der Waals surface area contributed by atoms with Crippen LogP contribution in [-0.2, 0) is 0 Å². The summed E-state index contributed by atoms with van der Waals surface area (Å²) in [5.41, 5.74) is 5.53. The van der Waals surface area contributed by atoms with E-state index in [1.807, 2.05) is 0 Å². The summed E-state index contributed by atoms with van der Waals surface area (Å²) >= 11 is 0. The molecule has 2 aromatic rings. The van der Waals surface area contributed by atoms with Crippen molar-refractivity contribution in [3.8, 4) is 0 Å². The zero-order valence-electron chi connectivity index (χ0n) is 5.53. The molecule has 5 heteroatoms. The third kappa shape index (κ3) is 0.739. The van der Waals surface area contributed by atoms with Crippen molar-refractivity contribution in [3.63, 3.8) is 0 Å². The van der Waals surface area contributed by atoms with E-state index in [0.717, 1.165) is 0 Å². The van der Waals surface area contributed by atoms with Crippen molar-refractivity contribution in [1.29, 1.82) is 0 Å². The number of rotatable bonds is 0. The SMILES string of the molecule is Nc1ccn2ncnc2c1F. The Hall–Kier alpha value is -1.65. The average molecular weight is 152 g/mol. The van der Waals surface area contributed by atoms with Crippen molar-refractivity contribution in [1.82, 2.24) is 14.6 Å². The highest BCUT2D eigenvalue weighted by molar-refractivity contribution is 5.52. The molecule has 0 atom stereocenters. The fourth-order valence-electron chi connectivity index (χ4n) is 0.869. The van der Waals surface area contributed by atoms with E-state index in [1.54, 1.807) is 6.20 Å². The molecule has 4 nitrogen and oxygen atoms in total. The predicted molar refractivity (Wildman–Crippen MR) is 37.4 cm³/mol. The van der Waals surface area contributed by atoms with Crippen LogP contribution in [0.5, 0.6) is 0 Å². The summed E-state index contributed by atoms with van der Waals surface area (Å²) in [4.78, 5) is 3.68. The second-order valence-electron chi connectivity index (χ2n) is 2.11. The smallest absolute Gasteiger partial charge is 0.193 e. The van der Waals surface area contributed by atoms with E-state index in [0.29, 0.717) is 0 Å². The summed E-state index contributed by atoms with van der Waals surface area (Å²) in [6.45, 7) is 0. The Balaban J connectivity index is 2.93. The van der Waals surface area contributed by atoms with E-state index in [-0.39, 0.29) is 11.3 Å². The highest BCUT2D eigenvalue weighted by atomic mass is 19.1. The Morgan fingerprint density at radius 2 is 2.36 bits per heavy atom. The summed E-state index contributed by atoms with van der Waals surface area (Å²) in [6, 6.07) is 1.44. The Kier molecular flexibility index (Phi) is 1.06. The molecule has 0 aliphatic heterocycles. The molecule has 2 N–H and O–H groups in total. The van der Waals surface area contributed by atoms with Crippen molar-refractivity contribution in [2.75, 3.05) is 5.73 Å². The number of halogens is 1. The minimum atomic E-state index is -0.523. The first-order valence-corrected chi connectivity index (χ1v) is 3.02. The minimum absolute atomic E-state index is 0.0884. The first kappa shape index (κ1) is 6.09. The van der Waals surface area contributed by atoms with Crippen LogP contribution in [0.1, 0.15) is 0 Å². The number of nitrogen functional groups attached to an aromatic ring is 1. The van der Waals surface area contributed by atoms with Crippen LogP contribution < -0.4 is 5.73 Å². The summed E-state index contributed by atoms with van der Waals surface area (Å²) < 4.78 is 14.3. The molecular weight excluding hydrogens is 147 g/mol. The number of pyridine rings is 1. The zero-order valence-corrected chi connectivity index (χ0v) is 5.53. The molecule has 0 aliphatic rings. The lowest BCUT2D eigenvalue weighted by molar-refractivity contribution is 0.632. The van der Waals surface area contributed by atoms with Gasteiger partial charge in [-0.3, -0.25) is 0 Å². The molecule has 0 spiro atoms. The second kappa shape index (κ2) is 1.91. The molecule has 11 heavy (non-hydrogen) atoms. The molecule has 2 aromatic heterocycles. The van der Waals surface area contributed by atoms with Gasteiger partial charge in [-0.1, -0.05) is 0 Å². The maximum absolute atomic E-state index is 13.0. The van der Waals surface area contributed by atoms with Crippen LogP contribution in [0.15, 0.2) is 18.6 Å². The molecule has 0 unspecified atom stereocenters. The number of nitrogens with two attached hydrogens (primary N) is 1. The zero-order chi connectivity index (χ0) is 7.84. The number of anilines is 1. The molecule has 0 radical (unpaired) electrons. The van der Waals surface area contributed by atoms with E-state index < -0.39 is 5.82 Å². The van der Waals surface area contributed by atoms with E-state index >= 15 is 0 Å². The maximum Gasteiger partial charge on any atom is 0.193 e. The van der Waals surface area contributed by atoms with Crippen molar-refractivity contribution in [3.05, 3.63) is 24.4 Å². The van der Waals surface area contributed by atoms with Gasteiger partial charge in [0.1, 0.15) is 6.33 Å². The van der Waals surface area contributed by atoms with Gasteiger partial charge in [-0.15, -0.1) is 0 Å². The van der Waals surface area contributed by atoms with Gasteiger partial charge in [0.25, 0.3) is 0 Å². The largest absolute Gasteiger partial charge is 0.396 e. The molecule has 0 saturated carbocycles. The molecule has 0 fully saturated rings. The molecule has 0 bridgehead atoms. The lowest BCUT2D eigenvalue weighted by Crippen LogP contribution is -1.96. The standard InChI is InChI=1S/C6H5FN4/c7-5-4(8)1-2-11-6(5)9-3-10-11/h1-3H,8H2. The van der Waals surface area contributed by atoms with Gasteiger partial charge in [-0.05, 0) is 6.07 Å². The van der Waals surface area contributed by atoms with Gasteiger partial charge in [0.2, 0.25) is 0 Å². The summed E-state index contributed by atoms with van der Waals surface area (Å²) in [7, 11) is 0. The number of aromatic nitrogens is 3. The summed E-state index contributed by atoms with van der Waals surface area (Å²) in [6.07, 6.45) is 2.83. The van der Waals surface area contributed by atoms with Gasteiger partial charge in [0, 0.05) is 6.20 Å². The predicted octanol–water partition coefficient (Wildman–Crippen LogP) is 0.451. The summed E-state index contributed by atoms with van der Waals surface area (Å²) in [5, 5.41) is 3.73. The maximum atomic E-state index is 13.0. The van der Waals surface area contributed by atoms with Gasteiger partial charge < -0.3 is 5.73 Å². The lowest BCUT2D eigenvalue weighted by atomic mass is 10.4. The van der Waals surface area contributed by atoms with Crippen LogP contribution in [-0.4, -0.2) is 14.6 Å². The van der Waals surface area contributed by atoms with Crippen molar-refractivity contribution in [2.45, 2.75) is 0 Å². The highest BCUT2D eigenvalue weighted by Crippen LogP contribution is 2.12. The number of hydrogen-bond acceptors (Lipinski definition) is 3. The van der Waals surface area contributed by atoms with Crippen LogP contribution in [0.4, 0.5) is 10.1 Å². The Morgan fingerprint density at radius 3 is 3.18 bits per heavy atom. The highest BCUT2D eigenvalue weighted by Gasteiger charge is 2.05. The Bertz CT molecular complexity index is 394. The van der Waals surface area contributed by atoms with Crippen LogP contribution in [0.25, 0.3) is 5.65 Å². The van der Waals surface area contributed by atoms with E-state index in [9.17, 15) is 4.39 Å². The molecule has 56 valence electrons. The third-order valence-corrected chi connectivity index (χ3v) is 1.42. The number of fused-ring (bicyclic) bond motifs is 1. The van der Waals surface area contributed by atoms with E-state index in [2.05, 4.69) is 10.1 Å². The van der Waals surface area contributed by atoms with Gasteiger partial charge in [0.05, 0.1) is 5.69 Å². The van der Waals surface area contributed by atoms with Gasteiger partial charge in [0.15, 0.2) is 11.5 Å². The average Bonchev–Trinajstić information content (AvgIpc) is 2.45. The molecule has 0 aromatic carbocycles. The molecule has 0 aliphatic carbocycles. The topological polar surface area (TPSA) is 56.2 Å². The Labute approximate surface area is 61.5 Å². The second-order valence-corrected chi connectivity index (χ2v) is 2.11. The van der Waals surface area contributed by atoms with Crippen LogP contribution in [0.2, 0.25) is 0 Å². The quantitative estimate of drug-likeness (QED) is 0.596. The van der Waals surface area contributed by atoms with Crippen LogP contribution >= 0.6 is 0 Å². The molecule has 2 heterocycles. The normalized spacial score (nSPS) is 10.6. The van der Waals surface area contributed by atoms with E-state index in [4.69, 9.17) is 5.73 Å².